The van der Waals surface area contributed by atoms with Gasteiger partial charge in [-0.15, -0.1) is 0 Å². The lowest BCUT2D eigenvalue weighted by molar-refractivity contribution is -0.142. The second-order valence-electron chi connectivity index (χ2n) is 4.03. The Balaban J connectivity index is 3.12. The molecule has 6 heteroatoms. The summed E-state index contributed by atoms with van der Waals surface area (Å²) in [4.78, 5) is 11.7. The summed E-state index contributed by atoms with van der Waals surface area (Å²) in [5.41, 5.74) is 0. The Kier molecular flexibility index (Phi) is 5.47. The summed E-state index contributed by atoms with van der Waals surface area (Å²) in [6.45, 7) is 3.52. The fourth-order valence-electron chi connectivity index (χ4n) is 1.69. The van der Waals surface area contributed by atoms with Gasteiger partial charge in [0.25, 0.3) is 0 Å². The molecule has 0 N–H and O–H groups in total. The van der Waals surface area contributed by atoms with Gasteiger partial charge in [0, 0.05) is 0 Å². The summed E-state index contributed by atoms with van der Waals surface area (Å²) in [6, 6.07) is 4.43. The van der Waals surface area contributed by atoms with Crippen LogP contribution < -0.4 is 0 Å². The van der Waals surface area contributed by atoms with E-state index in [9.17, 15) is 17.6 Å². The molecule has 1 atom stereocenters. The third-order valence-electron chi connectivity index (χ3n) is 2.62. The lowest BCUT2D eigenvalue weighted by atomic mass is 10.2. The van der Waals surface area contributed by atoms with Crippen LogP contribution >= 0.6 is 0 Å². The van der Waals surface area contributed by atoms with Gasteiger partial charge in [0.2, 0.25) is 0 Å². The number of hydrogen-bond donors (Lipinski definition) is 0. The van der Waals surface area contributed by atoms with Crippen LogP contribution in [0.25, 0.3) is 0 Å². The van der Waals surface area contributed by atoms with E-state index in [1.807, 2.05) is 0 Å². The van der Waals surface area contributed by atoms with Crippen molar-refractivity contribution < 1.29 is 22.3 Å². The molecule has 0 heterocycles. The fraction of sp³-hybridized carbons (Fsp3) is 0.462. The van der Waals surface area contributed by atoms with Crippen LogP contribution in [0.4, 0.5) is 4.39 Å². The summed E-state index contributed by atoms with van der Waals surface area (Å²) in [5.74, 6) is -1.28. The Morgan fingerprint density at radius 2 is 1.84 bits per heavy atom. The van der Waals surface area contributed by atoms with Crippen LogP contribution in [-0.4, -0.2) is 26.2 Å². The monoisotopic (exact) mass is 288 g/mol. The van der Waals surface area contributed by atoms with Gasteiger partial charge in [0.05, 0.1) is 11.5 Å². The average molecular weight is 288 g/mol. The number of hydrogen-bond acceptors (Lipinski definition) is 4. The van der Waals surface area contributed by atoms with Gasteiger partial charge >= 0.3 is 5.97 Å². The largest absolute Gasteiger partial charge is 0.465 e. The van der Waals surface area contributed by atoms with Crippen LogP contribution in [0.3, 0.4) is 0 Å². The zero-order valence-electron chi connectivity index (χ0n) is 10.9. The van der Waals surface area contributed by atoms with E-state index in [2.05, 4.69) is 0 Å². The molecular formula is C13H17FO4S. The topological polar surface area (TPSA) is 60.4 Å². The van der Waals surface area contributed by atoms with Crippen LogP contribution in [0.1, 0.15) is 26.7 Å². The van der Waals surface area contributed by atoms with Crippen molar-refractivity contribution in [2.24, 2.45) is 0 Å². The molecule has 4 nitrogen and oxygen atoms in total. The molecule has 1 aromatic rings. The molecule has 1 rings (SSSR count). The first-order valence-electron chi connectivity index (χ1n) is 6.09. The minimum atomic E-state index is -3.84. The molecule has 1 unspecified atom stereocenters. The first-order chi connectivity index (χ1) is 8.93. The normalized spacial score (nSPS) is 13.0. The van der Waals surface area contributed by atoms with Crippen molar-refractivity contribution in [3.05, 3.63) is 30.1 Å². The second kappa shape index (κ2) is 6.65. The molecule has 1 aromatic carbocycles. The highest BCUT2D eigenvalue weighted by Crippen LogP contribution is 2.21. The van der Waals surface area contributed by atoms with Crippen molar-refractivity contribution in [2.75, 3.05) is 6.61 Å². The molecular weight excluding hydrogens is 271 g/mol. The number of rotatable bonds is 6. The Morgan fingerprint density at radius 1 is 1.26 bits per heavy atom. The van der Waals surface area contributed by atoms with Gasteiger partial charge in [-0.2, -0.15) is 0 Å². The highest BCUT2D eigenvalue weighted by Gasteiger charge is 2.34. The van der Waals surface area contributed by atoms with Crippen LogP contribution in [0, 0.1) is 5.82 Å². The summed E-state index contributed by atoms with van der Waals surface area (Å²) in [6.07, 6.45) is 0.711. The molecule has 0 aliphatic heterocycles. The van der Waals surface area contributed by atoms with E-state index in [1.54, 1.807) is 13.8 Å². The lowest BCUT2D eigenvalue weighted by Gasteiger charge is -2.15. The molecule has 0 spiro atoms. The molecule has 0 aliphatic carbocycles. The Bertz CT molecular complexity index is 522. The maximum Gasteiger partial charge on any atom is 0.324 e. The van der Waals surface area contributed by atoms with Crippen molar-refractivity contribution in [3.8, 4) is 0 Å². The lowest BCUT2D eigenvalue weighted by Crippen LogP contribution is -2.32. The maximum absolute atomic E-state index is 12.8. The zero-order valence-corrected chi connectivity index (χ0v) is 11.7. The number of carbonyl (C=O) groups excluding carboxylic acids is 1. The van der Waals surface area contributed by atoms with E-state index in [-0.39, 0.29) is 17.9 Å². The van der Waals surface area contributed by atoms with Crippen LogP contribution in [-0.2, 0) is 19.4 Å². The molecule has 0 saturated heterocycles. The van der Waals surface area contributed by atoms with E-state index in [4.69, 9.17) is 4.74 Å². The fourth-order valence-corrected chi connectivity index (χ4v) is 3.40. The number of ether oxygens (including phenoxy) is 1. The predicted octanol–water partition coefficient (Wildman–Crippen LogP) is 2.33. The van der Waals surface area contributed by atoms with Gasteiger partial charge in [-0.25, -0.2) is 12.8 Å². The first kappa shape index (κ1) is 15.6. The third-order valence-corrected chi connectivity index (χ3v) is 4.72. The molecule has 0 aromatic heterocycles. The highest BCUT2D eigenvalue weighted by atomic mass is 32.2. The SMILES string of the molecule is CCCC(C(=O)OCC)S(=O)(=O)c1ccc(F)cc1. The third kappa shape index (κ3) is 3.76. The molecule has 0 saturated carbocycles. The summed E-state index contributed by atoms with van der Waals surface area (Å²) in [7, 11) is -3.84. The Morgan fingerprint density at radius 3 is 2.32 bits per heavy atom. The van der Waals surface area contributed by atoms with Crippen molar-refractivity contribution in [2.45, 2.75) is 36.8 Å². The summed E-state index contributed by atoms with van der Waals surface area (Å²) >= 11 is 0. The number of sulfone groups is 1. The predicted molar refractivity (Wildman–Crippen MR) is 68.9 cm³/mol. The second-order valence-corrected chi connectivity index (χ2v) is 6.16. The van der Waals surface area contributed by atoms with Gasteiger partial charge in [0.15, 0.2) is 15.1 Å². The molecule has 0 bridgehead atoms. The first-order valence-corrected chi connectivity index (χ1v) is 7.64. The quantitative estimate of drug-likeness (QED) is 0.595. The number of benzene rings is 1. The average Bonchev–Trinajstić information content (AvgIpc) is 2.36. The molecule has 106 valence electrons. The van der Waals surface area contributed by atoms with Crippen molar-refractivity contribution in [1.29, 1.82) is 0 Å². The van der Waals surface area contributed by atoms with Gasteiger partial charge in [0.1, 0.15) is 5.82 Å². The smallest absolute Gasteiger partial charge is 0.324 e. The molecule has 0 amide bonds. The summed E-state index contributed by atoms with van der Waals surface area (Å²) in [5, 5.41) is -1.23. The van der Waals surface area contributed by atoms with Gasteiger partial charge in [-0.05, 0) is 37.6 Å². The Hall–Kier alpha value is -1.43. The molecule has 19 heavy (non-hydrogen) atoms. The van der Waals surface area contributed by atoms with Gasteiger partial charge < -0.3 is 4.74 Å². The Labute approximate surface area is 112 Å². The van der Waals surface area contributed by atoms with Crippen LogP contribution in [0.5, 0.6) is 0 Å². The van der Waals surface area contributed by atoms with Gasteiger partial charge in [-0.1, -0.05) is 13.3 Å². The van der Waals surface area contributed by atoms with Crippen LogP contribution in [0.2, 0.25) is 0 Å². The van der Waals surface area contributed by atoms with E-state index >= 15 is 0 Å². The number of carbonyl (C=O) groups is 1. The van der Waals surface area contributed by atoms with E-state index in [0.29, 0.717) is 6.42 Å². The summed E-state index contributed by atoms with van der Waals surface area (Å²) < 4.78 is 42.3. The van der Waals surface area contributed by atoms with E-state index < -0.39 is 26.9 Å². The van der Waals surface area contributed by atoms with Crippen LogP contribution in [0.15, 0.2) is 29.2 Å². The molecule has 0 fully saturated rings. The molecule has 0 aliphatic rings. The van der Waals surface area contributed by atoms with Crippen molar-refractivity contribution >= 4 is 15.8 Å². The van der Waals surface area contributed by atoms with Crippen molar-refractivity contribution in [3.63, 3.8) is 0 Å². The maximum atomic E-state index is 12.8. The highest BCUT2D eigenvalue weighted by molar-refractivity contribution is 7.92. The van der Waals surface area contributed by atoms with E-state index in [1.165, 1.54) is 0 Å². The minimum Gasteiger partial charge on any atom is -0.465 e. The molecule has 0 radical (unpaired) electrons. The minimum absolute atomic E-state index is 0.0691. The van der Waals surface area contributed by atoms with E-state index in [0.717, 1.165) is 24.3 Å². The number of halogens is 1. The zero-order chi connectivity index (χ0) is 14.5. The number of esters is 1. The van der Waals surface area contributed by atoms with Crippen molar-refractivity contribution in [1.82, 2.24) is 0 Å². The van der Waals surface area contributed by atoms with Gasteiger partial charge in [-0.3, -0.25) is 4.79 Å². The standard InChI is InChI=1S/C13H17FO4S/c1-3-5-12(13(15)18-4-2)19(16,17)11-8-6-10(14)7-9-11/h6-9,12H,3-5H2,1-2H3.